The van der Waals surface area contributed by atoms with Crippen LogP contribution in [0.25, 0.3) is 0 Å². The molecule has 1 N–H and O–H groups in total. The van der Waals surface area contributed by atoms with E-state index in [2.05, 4.69) is 25.7 Å². The van der Waals surface area contributed by atoms with Gasteiger partial charge in [-0.25, -0.2) is 0 Å². The molecule has 31 heavy (non-hydrogen) atoms. The number of aliphatic hydroxyl groups is 1. The zero-order valence-corrected chi connectivity index (χ0v) is 19.0. The number of fused-ring (bicyclic) bond motifs is 5. The van der Waals surface area contributed by atoms with Crippen molar-refractivity contribution in [3.8, 4) is 11.8 Å². The first-order valence-corrected chi connectivity index (χ1v) is 12.3. The minimum atomic E-state index is -0.883. The van der Waals surface area contributed by atoms with Crippen LogP contribution < -0.4 is 0 Å². The molecule has 1 aromatic carbocycles. The Kier molecular flexibility index (Phi) is 5.21. The molecule has 0 radical (unpaired) electrons. The van der Waals surface area contributed by atoms with Crippen molar-refractivity contribution in [2.45, 2.75) is 83.3 Å². The van der Waals surface area contributed by atoms with Crippen LogP contribution in [-0.4, -0.2) is 23.3 Å². The van der Waals surface area contributed by atoms with Gasteiger partial charge in [0.1, 0.15) is 11.7 Å². The summed E-state index contributed by atoms with van der Waals surface area (Å²) >= 11 is 0. The van der Waals surface area contributed by atoms with Gasteiger partial charge in [-0.05, 0) is 99.0 Å². The maximum Gasteiger partial charge on any atom is 0.293 e. The zero-order valence-electron chi connectivity index (χ0n) is 19.0. The fraction of sp³-hybridized carbons (Fsp3) is 0.679. The van der Waals surface area contributed by atoms with E-state index in [1.807, 2.05) is 30.3 Å². The van der Waals surface area contributed by atoms with Crippen LogP contribution in [0.2, 0.25) is 0 Å². The lowest BCUT2D eigenvalue weighted by Crippen LogP contribution is -2.56. The van der Waals surface area contributed by atoms with Gasteiger partial charge in [0.15, 0.2) is 0 Å². The third-order valence-corrected chi connectivity index (χ3v) is 10.2. The lowest BCUT2D eigenvalue weighted by atomic mass is 9.44. The second-order valence-electron chi connectivity index (χ2n) is 11.3. The highest BCUT2D eigenvalue weighted by Crippen LogP contribution is 2.68. The van der Waals surface area contributed by atoms with E-state index in [0.717, 1.165) is 43.6 Å². The van der Waals surface area contributed by atoms with Crippen LogP contribution in [0.15, 0.2) is 30.3 Å². The summed E-state index contributed by atoms with van der Waals surface area (Å²) < 4.78 is 5.36. The van der Waals surface area contributed by atoms with Gasteiger partial charge in [-0.15, -0.1) is 0 Å². The average molecular weight is 421 g/mol. The molecule has 4 fully saturated rings. The van der Waals surface area contributed by atoms with Gasteiger partial charge < -0.3 is 9.84 Å². The third kappa shape index (κ3) is 3.25. The molecular formula is C28H36O3. The molecule has 8 atom stereocenters. The molecule has 166 valence electrons. The Hall–Kier alpha value is -1.79. The molecule has 0 aromatic heterocycles. The van der Waals surface area contributed by atoms with E-state index < -0.39 is 5.60 Å². The molecule has 4 aliphatic rings. The van der Waals surface area contributed by atoms with E-state index in [1.54, 1.807) is 0 Å². The SMILES string of the molecule is CC12CCC(OC=O)CC1CCC1C2CCC2(C)C1CCC2(O)C#Cc1ccccc1. The summed E-state index contributed by atoms with van der Waals surface area (Å²) in [7, 11) is 0. The standard InChI is InChI=1S/C28H36O3/c1-26-14-11-22(31-19-29)18-21(26)8-9-23-24(26)12-15-27(2)25(23)13-17-28(27,30)16-10-20-6-4-3-5-7-20/h3-7,19,21-25,30H,8-9,11-15,17-18H2,1-2H3. The predicted molar refractivity (Wildman–Crippen MR) is 121 cm³/mol. The van der Waals surface area contributed by atoms with Gasteiger partial charge in [0.2, 0.25) is 0 Å². The van der Waals surface area contributed by atoms with E-state index in [9.17, 15) is 9.90 Å². The molecule has 0 aliphatic heterocycles. The second kappa shape index (κ2) is 7.66. The Morgan fingerprint density at radius 2 is 1.77 bits per heavy atom. The zero-order chi connectivity index (χ0) is 21.7. The Morgan fingerprint density at radius 3 is 2.55 bits per heavy atom. The Labute approximate surface area is 187 Å². The molecule has 3 heteroatoms. The lowest BCUT2D eigenvalue weighted by molar-refractivity contribution is -0.156. The van der Waals surface area contributed by atoms with Crippen molar-refractivity contribution in [2.75, 3.05) is 0 Å². The molecule has 0 saturated heterocycles. The van der Waals surface area contributed by atoms with Crippen LogP contribution in [0.5, 0.6) is 0 Å². The normalized spacial score (nSPS) is 46.0. The molecule has 4 aliphatic carbocycles. The van der Waals surface area contributed by atoms with E-state index in [4.69, 9.17) is 4.74 Å². The minimum absolute atomic E-state index is 0.114. The molecule has 5 rings (SSSR count). The molecule has 0 heterocycles. The quantitative estimate of drug-likeness (QED) is 0.518. The first kappa shape index (κ1) is 21.1. The van der Waals surface area contributed by atoms with Crippen molar-refractivity contribution in [3.05, 3.63) is 35.9 Å². The van der Waals surface area contributed by atoms with E-state index >= 15 is 0 Å². The van der Waals surface area contributed by atoms with Gasteiger partial charge in [0.05, 0.1) is 0 Å². The fourth-order valence-corrected chi connectivity index (χ4v) is 8.34. The van der Waals surface area contributed by atoms with Crippen LogP contribution in [0, 0.1) is 46.3 Å². The van der Waals surface area contributed by atoms with Crippen molar-refractivity contribution in [1.29, 1.82) is 0 Å². The largest absolute Gasteiger partial charge is 0.465 e. The molecule has 3 nitrogen and oxygen atoms in total. The highest BCUT2D eigenvalue weighted by molar-refractivity contribution is 5.38. The second-order valence-corrected chi connectivity index (χ2v) is 11.3. The first-order valence-electron chi connectivity index (χ1n) is 12.3. The van der Waals surface area contributed by atoms with Crippen LogP contribution in [0.1, 0.15) is 77.2 Å². The smallest absolute Gasteiger partial charge is 0.293 e. The summed E-state index contributed by atoms with van der Waals surface area (Å²) in [6.45, 7) is 5.48. The minimum Gasteiger partial charge on any atom is -0.465 e. The third-order valence-electron chi connectivity index (χ3n) is 10.2. The number of ether oxygens (including phenoxy) is 1. The topological polar surface area (TPSA) is 46.5 Å². The fourth-order valence-electron chi connectivity index (χ4n) is 8.34. The summed E-state index contributed by atoms with van der Waals surface area (Å²) in [6, 6.07) is 10.1. The van der Waals surface area contributed by atoms with Gasteiger partial charge >= 0.3 is 0 Å². The van der Waals surface area contributed by atoms with Crippen molar-refractivity contribution in [2.24, 2.45) is 34.5 Å². The summed E-state index contributed by atoms with van der Waals surface area (Å²) in [5, 5.41) is 11.8. The maximum atomic E-state index is 11.8. The van der Waals surface area contributed by atoms with Crippen molar-refractivity contribution in [3.63, 3.8) is 0 Å². The van der Waals surface area contributed by atoms with E-state index in [-0.39, 0.29) is 11.5 Å². The number of hydrogen-bond donors (Lipinski definition) is 1. The van der Waals surface area contributed by atoms with Crippen LogP contribution in [-0.2, 0) is 9.53 Å². The molecule has 8 unspecified atom stereocenters. The molecule has 0 bridgehead atoms. The van der Waals surface area contributed by atoms with Crippen LogP contribution in [0.4, 0.5) is 0 Å². The first-order chi connectivity index (χ1) is 14.9. The van der Waals surface area contributed by atoms with E-state index in [1.165, 1.54) is 25.7 Å². The molecular weight excluding hydrogens is 384 g/mol. The highest BCUT2D eigenvalue weighted by atomic mass is 16.5. The lowest BCUT2D eigenvalue weighted by Gasteiger charge is -2.61. The number of carbonyl (C=O) groups is 1. The van der Waals surface area contributed by atoms with Gasteiger partial charge in [-0.2, -0.15) is 0 Å². The maximum absolute atomic E-state index is 11.8. The molecule has 0 amide bonds. The van der Waals surface area contributed by atoms with Crippen molar-refractivity contribution >= 4 is 6.47 Å². The summed E-state index contributed by atoms with van der Waals surface area (Å²) in [5.74, 6) is 9.27. The van der Waals surface area contributed by atoms with Crippen LogP contribution >= 0.6 is 0 Å². The van der Waals surface area contributed by atoms with Crippen molar-refractivity contribution in [1.82, 2.24) is 0 Å². The number of benzene rings is 1. The van der Waals surface area contributed by atoms with Gasteiger partial charge in [0, 0.05) is 11.0 Å². The summed E-state index contributed by atoms with van der Waals surface area (Å²) in [6.07, 6.45) is 9.95. The number of hydrogen-bond acceptors (Lipinski definition) is 3. The van der Waals surface area contributed by atoms with Gasteiger partial charge in [-0.1, -0.05) is 43.9 Å². The van der Waals surface area contributed by atoms with Crippen molar-refractivity contribution < 1.29 is 14.6 Å². The molecule has 4 saturated carbocycles. The Balaban J connectivity index is 1.38. The Bertz CT molecular complexity index is 885. The summed E-state index contributed by atoms with van der Waals surface area (Å²) in [5.41, 5.74) is 0.338. The highest BCUT2D eigenvalue weighted by Gasteiger charge is 2.64. The molecule has 0 spiro atoms. The number of rotatable bonds is 2. The van der Waals surface area contributed by atoms with Crippen LogP contribution in [0.3, 0.4) is 0 Å². The van der Waals surface area contributed by atoms with E-state index in [0.29, 0.717) is 29.6 Å². The monoisotopic (exact) mass is 420 g/mol. The molecule has 1 aromatic rings. The summed E-state index contributed by atoms with van der Waals surface area (Å²) in [4.78, 5) is 10.8. The Morgan fingerprint density at radius 1 is 1.00 bits per heavy atom. The van der Waals surface area contributed by atoms with Gasteiger partial charge in [-0.3, -0.25) is 4.79 Å². The predicted octanol–water partition coefficient (Wildman–Crippen LogP) is 5.35. The van der Waals surface area contributed by atoms with Gasteiger partial charge in [0.25, 0.3) is 6.47 Å². The average Bonchev–Trinajstić information content (AvgIpc) is 3.05. The number of carbonyl (C=O) groups excluding carboxylic acids is 1.